The van der Waals surface area contributed by atoms with Gasteiger partial charge >= 0.3 is 5.97 Å². The third kappa shape index (κ3) is 4.61. The van der Waals surface area contributed by atoms with Crippen molar-refractivity contribution in [1.82, 2.24) is 5.32 Å². The summed E-state index contributed by atoms with van der Waals surface area (Å²) in [7, 11) is 0. The molecule has 0 aliphatic heterocycles. The number of carbonyl (C=O) groups excluding carboxylic acids is 2. The Morgan fingerprint density at radius 3 is 2.65 bits per heavy atom. The average molecular weight is 284 g/mol. The molecule has 114 valence electrons. The van der Waals surface area contributed by atoms with E-state index in [2.05, 4.69) is 5.32 Å². The van der Waals surface area contributed by atoms with E-state index < -0.39 is 6.10 Å². The summed E-state index contributed by atoms with van der Waals surface area (Å²) in [6, 6.07) is -0.722. The van der Waals surface area contributed by atoms with Crippen LogP contribution in [0.1, 0.15) is 34.1 Å². The lowest BCUT2D eigenvalue weighted by Crippen LogP contribution is -2.56. The molecule has 1 rings (SSSR count). The van der Waals surface area contributed by atoms with Gasteiger partial charge in [0, 0.05) is 18.5 Å². The summed E-state index contributed by atoms with van der Waals surface area (Å²) < 4.78 is 10.7. The van der Waals surface area contributed by atoms with Crippen molar-refractivity contribution in [2.75, 3.05) is 6.61 Å². The predicted octanol–water partition coefficient (Wildman–Crippen LogP) is 0.505. The van der Waals surface area contributed by atoms with Crippen LogP contribution < -0.4 is 11.1 Å². The molecule has 0 saturated carbocycles. The molecule has 0 aromatic rings. The van der Waals surface area contributed by atoms with E-state index in [0.717, 1.165) is 0 Å². The van der Waals surface area contributed by atoms with E-state index >= 15 is 0 Å². The number of ether oxygens (including phenoxy) is 2. The van der Waals surface area contributed by atoms with Crippen molar-refractivity contribution in [2.24, 2.45) is 5.73 Å². The first kappa shape index (κ1) is 16.7. The molecule has 6 heteroatoms. The van der Waals surface area contributed by atoms with E-state index in [1.165, 1.54) is 6.92 Å². The van der Waals surface area contributed by atoms with Gasteiger partial charge in [0.05, 0.1) is 24.9 Å². The zero-order chi connectivity index (χ0) is 15.3. The Morgan fingerprint density at radius 1 is 1.50 bits per heavy atom. The van der Waals surface area contributed by atoms with Crippen molar-refractivity contribution in [3.8, 4) is 0 Å². The quantitative estimate of drug-likeness (QED) is 0.718. The SMILES string of the molecule is CCOC(=O)C1=C[C@@H](OC(C)C)[C@H](NC(C)=O)[C@H](N)C1. The van der Waals surface area contributed by atoms with Crippen LogP contribution in [0.5, 0.6) is 0 Å². The van der Waals surface area contributed by atoms with Gasteiger partial charge < -0.3 is 20.5 Å². The van der Waals surface area contributed by atoms with E-state index in [-0.39, 0.29) is 30.1 Å². The van der Waals surface area contributed by atoms with Crippen LogP contribution in [0.15, 0.2) is 11.6 Å². The summed E-state index contributed by atoms with van der Waals surface area (Å²) in [5.41, 5.74) is 6.58. The number of nitrogens with one attached hydrogen (secondary N) is 1. The maximum absolute atomic E-state index is 11.8. The van der Waals surface area contributed by atoms with E-state index in [4.69, 9.17) is 15.2 Å². The zero-order valence-corrected chi connectivity index (χ0v) is 12.5. The van der Waals surface area contributed by atoms with Gasteiger partial charge in [-0.1, -0.05) is 0 Å². The molecule has 1 amide bonds. The topological polar surface area (TPSA) is 90.6 Å². The van der Waals surface area contributed by atoms with Crippen molar-refractivity contribution in [3.05, 3.63) is 11.6 Å². The van der Waals surface area contributed by atoms with Gasteiger partial charge in [-0.25, -0.2) is 4.79 Å². The molecule has 1 aliphatic rings. The third-order valence-corrected chi connectivity index (χ3v) is 2.97. The lowest BCUT2D eigenvalue weighted by Gasteiger charge is -2.35. The largest absolute Gasteiger partial charge is 0.463 e. The minimum atomic E-state index is -0.429. The molecule has 0 unspecified atom stereocenters. The molecule has 1 aliphatic carbocycles. The standard InChI is InChI=1S/C14H24N2O4/c1-5-19-14(18)10-6-11(15)13(16-9(4)17)12(7-10)20-8(2)3/h7-8,11-13H,5-6,15H2,1-4H3,(H,16,17)/t11-,12-,13-/m1/s1. The second kappa shape index (κ2) is 7.40. The average Bonchev–Trinajstić information content (AvgIpc) is 2.32. The molecule has 0 radical (unpaired) electrons. The molecule has 0 fully saturated rings. The van der Waals surface area contributed by atoms with Crippen molar-refractivity contribution in [3.63, 3.8) is 0 Å². The number of hydrogen-bond donors (Lipinski definition) is 2. The molecule has 0 aromatic heterocycles. The summed E-state index contributed by atoms with van der Waals surface area (Å²) in [4.78, 5) is 23.1. The van der Waals surface area contributed by atoms with Crippen molar-refractivity contribution in [1.29, 1.82) is 0 Å². The van der Waals surface area contributed by atoms with E-state index in [1.54, 1.807) is 13.0 Å². The van der Waals surface area contributed by atoms with Gasteiger partial charge in [-0.15, -0.1) is 0 Å². The summed E-state index contributed by atoms with van der Waals surface area (Å²) in [5, 5.41) is 2.79. The first-order valence-corrected chi connectivity index (χ1v) is 6.91. The molecule has 0 aromatic carbocycles. The van der Waals surface area contributed by atoms with Crippen LogP contribution in [-0.2, 0) is 19.1 Å². The molecular formula is C14H24N2O4. The highest BCUT2D eigenvalue weighted by molar-refractivity contribution is 5.89. The van der Waals surface area contributed by atoms with Crippen LogP contribution in [0, 0.1) is 0 Å². The monoisotopic (exact) mass is 284 g/mol. The Bertz CT molecular complexity index is 393. The maximum atomic E-state index is 11.8. The lowest BCUT2D eigenvalue weighted by atomic mass is 9.88. The summed E-state index contributed by atoms with van der Waals surface area (Å²) >= 11 is 0. The van der Waals surface area contributed by atoms with Crippen molar-refractivity contribution >= 4 is 11.9 Å². The Morgan fingerprint density at radius 2 is 2.15 bits per heavy atom. The van der Waals surface area contributed by atoms with Crippen LogP contribution in [0.2, 0.25) is 0 Å². The highest BCUT2D eigenvalue weighted by Crippen LogP contribution is 2.22. The number of esters is 1. The molecule has 0 heterocycles. The number of amides is 1. The van der Waals surface area contributed by atoms with Gasteiger partial charge in [-0.3, -0.25) is 4.79 Å². The number of rotatable bonds is 5. The summed E-state index contributed by atoms with van der Waals surface area (Å²) in [6.45, 7) is 7.29. The molecule has 3 atom stereocenters. The van der Waals surface area contributed by atoms with Crippen molar-refractivity contribution < 1.29 is 19.1 Å². The molecule has 0 saturated heterocycles. The fourth-order valence-electron chi connectivity index (χ4n) is 2.23. The first-order valence-electron chi connectivity index (χ1n) is 6.91. The summed E-state index contributed by atoms with van der Waals surface area (Å²) in [6.07, 6.45) is 1.60. The van der Waals surface area contributed by atoms with E-state index in [1.807, 2.05) is 13.8 Å². The highest BCUT2D eigenvalue weighted by Gasteiger charge is 2.35. The van der Waals surface area contributed by atoms with Gasteiger partial charge in [0.1, 0.15) is 0 Å². The molecule has 0 spiro atoms. The van der Waals surface area contributed by atoms with Crippen LogP contribution in [-0.4, -0.2) is 42.8 Å². The van der Waals surface area contributed by atoms with Crippen LogP contribution in [0.3, 0.4) is 0 Å². The number of hydrogen-bond acceptors (Lipinski definition) is 5. The zero-order valence-electron chi connectivity index (χ0n) is 12.5. The van der Waals surface area contributed by atoms with Crippen molar-refractivity contribution in [2.45, 2.75) is 58.4 Å². The maximum Gasteiger partial charge on any atom is 0.333 e. The van der Waals surface area contributed by atoms with Gasteiger partial charge in [0.2, 0.25) is 5.91 Å². The lowest BCUT2D eigenvalue weighted by molar-refractivity contribution is -0.139. The van der Waals surface area contributed by atoms with Gasteiger partial charge in [-0.2, -0.15) is 0 Å². The van der Waals surface area contributed by atoms with Crippen LogP contribution in [0.25, 0.3) is 0 Å². The highest BCUT2D eigenvalue weighted by atomic mass is 16.5. The number of carbonyl (C=O) groups is 2. The third-order valence-electron chi connectivity index (χ3n) is 2.97. The summed E-state index contributed by atoms with van der Waals surface area (Å²) in [5.74, 6) is -0.544. The second-order valence-electron chi connectivity index (χ2n) is 5.16. The Balaban J connectivity index is 2.94. The minimum absolute atomic E-state index is 0.0405. The first-order chi connectivity index (χ1) is 9.35. The molecule has 20 heavy (non-hydrogen) atoms. The van der Waals surface area contributed by atoms with Gasteiger partial charge in [0.15, 0.2) is 0 Å². The van der Waals surface area contributed by atoms with Gasteiger partial charge in [0.25, 0.3) is 0 Å². The van der Waals surface area contributed by atoms with Crippen LogP contribution >= 0.6 is 0 Å². The second-order valence-corrected chi connectivity index (χ2v) is 5.16. The molecule has 0 bridgehead atoms. The predicted molar refractivity (Wildman–Crippen MR) is 74.9 cm³/mol. The van der Waals surface area contributed by atoms with Gasteiger partial charge in [-0.05, 0) is 33.3 Å². The van der Waals surface area contributed by atoms with E-state index in [0.29, 0.717) is 18.6 Å². The molecular weight excluding hydrogens is 260 g/mol. The van der Waals surface area contributed by atoms with Crippen LogP contribution in [0.4, 0.5) is 0 Å². The Labute approximate surface area is 119 Å². The smallest absolute Gasteiger partial charge is 0.333 e. The molecule has 3 N–H and O–H groups in total. The normalized spacial score (nSPS) is 26.1. The fraction of sp³-hybridized carbons (Fsp3) is 0.714. The Hall–Kier alpha value is -1.40. The molecule has 6 nitrogen and oxygen atoms in total. The minimum Gasteiger partial charge on any atom is -0.463 e. The fourth-order valence-corrected chi connectivity index (χ4v) is 2.23. The number of nitrogens with two attached hydrogens (primary N) is 1. The van der Waals surface area contributed by atoms with E-state index in [9.17, 15) is 9.59 Å². The Kier molecular flexibility index (Phi) is 6.16.